The molecule has 1 atom stereocenters. The second kappa shape index (κ2) is 12.7. The molecule has 2 aromatic rings. The summed E-state index contributed by atoms with van der Waals surface area (Å²) in [5.74, 6) is 1.22. The van der Waals surface area contributed by atoms with Crippen LogP contribution in [0.5, 0.6) is 0 Å². The van der Waals surface area contributed by atoms with Crippen molar-refractivity contribution >= 4 is 29.9 Å². The van der Waals surface area contributed by atoms with Crippen LogP contribution in [0.15, 0.2) is 65.7 Å². The predicted octanol–water partition coefficient (Wildman–Crippen LogP) is 3.82. The molecule has 0 amide bonds. The monoisotopic (exact) mass is 453 g/mol. The van der Waals surface area contributed by atoms with Crippen LogP contribution in [0.3, 0.4) is 0 Å². The lowest BCUT2D eigenvalue weighted by molar-refractivity contribution is 0.0931. The molecule has 0 saturated heterocycles. The lowest BCUT2D eigenvalue weighted by Gasteiger charge is -2.16. The Morgan fingerprint density at radius 3 is 2.16 bits per heavy atom. The molecule has 0 aliphatic heterocycles. The van der Waals surface area contributed by atoms with Crippen molar-refractivity contribution in [3.63, 3.8) is 0 Å². The van der Waals surface area contributed by atoms with Gasteiger partial charge in [0.15, 0.2) is 5.96 Å². The van der Waals surface area contributed by atoms with E-state index in [0.717, 1.165) is 25.7 Å². The van der Waals surface area contributed by atoms with E-state index in [9.17, 15) is 0 Å². The van der Waals surface area contributed by atoms with Gasteiger partial charge in [-0.1, -0.05) is 67.6 Å². The van der Waals surface area contributed by atoms with Gasteiger partial charge in [-0.05, 0) is 17.0 Å². The molecule has 4 nitrogen and oxygen atoms in total. The summed E-state index contributed by atoms with van der Waals surface area (Å²) in [5, 5.41) is 6.67. The normalized spacial score (nSPS) is 12.2. The fraction of sp³-hybridized carbons (Fsp3) is 0.350. The average Bonchev–Trinajstić information content (AvgIpc) is 2.63. The summed E-state index contributed by atoms with van der Waals surface area (Å²) in [7, 11) is 1.79. The second-order valence-electron chi connectivity index (χ2n) is 5.90. The van der Waals surface area contributed by atoms with Crippen LogP contribution < -0.4 is 10.6 Å². The first-order chi connectivity index (χ1) is 11.8. The van der Waals surface area contributed by atoms with Crippen molar-refractivity contribution in [1.82, 2.24) is 10.6 Å². The minimum absolute atomic E-state index is 0. The van der Waals surface area contributed by atoms with Gasteiger partial charge < -0.3 is 15.4 Å². The Kier molecular flexibility index (Phi) is 10.9. The standard InChI is InChI=1S/C20H27N3O.HI/c1-17(15-24-16-19-11-7-4-8-12-19)13-22-20(21-2)23-14-18-9-5-3-6-10-18;/h3-12,17H,13-16H2,1-2H3,(H2,21,22,23);1H. The Morgan fingerprint density at radius 1 is 0.960 bits per heavy atom. The first-order valence-corrected chi connectivity index (χ1v) is 8.38. The fourth-order valence-corrected chi connectivity index (χ4v) is 2.28. The van der Waals surface area contributed by atoms with Crippen molar-refractivity contribution < 1.29 is 4.74 Å². The predicted molar refractivity (Wildman–Crippen MR) is 115 cm³/mol. The van der Waals surface area contributed by atoms with Crippen molar-refractivity contribution in [3.8, 4) is 0 Å². The van der Waals surface area contributed by atoms with Crippen molar-refractivity contribution in [2.75, 3.05) is 20.2 Å². The summed E-state index contributed by atoms with van der Waals surface area (Å²) in [4.78, 5) is 4.26. The van der Waals surface area contributed by atoms with E-state index < -0.39 is 0 Å². The average molecular weight is 453 g/mol. The van der Waals surface area contributed by atoms with E-state index in [1.54, 1.807) is 7.05 Å². The maximum Gasteiger partial charge on any atom is 0.191 e. The van der Waals surface area contributed by atoms with Gasteiger partial charge in [0.05, 0.1) is 13.2 Å². The number of halogens is 1. The maximum absolute atomic E-state index is 5.78. The van der Waals surface area contributed by atoms with Crippen LogP contribution in [-0.4, -0.2) is 26.2 Å². The van der Waals surface area contributed by atoms with Crippen molar-refractivity contribution in [1.29, 1.82) is 0 Å². The second-order valence-corrected chi connectivity index (χ2v) is 5.90. The van der Waals surface area contributed by atoms with Crippen LogP contribution in [0.2, 0.25) is 0 Å². The molecule has 1 unspecified atom stereocenters. The van der Waals surface area contributed by atoms with E-state index in [-0.39, 0.29) is 24.0 Å². The molecule has 0 saturated carbocycles. The summed E-state index contributed by atoms with van der Waals surface area (Å²) in [6.45, 7) is 5.13. The number of hydrogen-bond donors (Lipinski definition) is 2. The van der Waals surface area contributed by atoms with Crippen molar-refractivity contribution in [2.45, 2.75) is 20.1 Å². The number of ether oxygens (including phenoxy) is 1. The zero-order valence-corrected chi connectivity index (χ0v) is 17.3. The van der Waals surface area contributed by atoms with E-state index in [4.69, 9.17) is 4.74 Å². The van der Waals surface area contributed by atoms with Gasteiger partial charge in [-0.3, -0.25) is 4.99 Å². The molecule has 0 bridgehead atoms. The van der Waals surface area contributed by atoms with E-state index >= 15 is 0 Å². The van der Waals surface area contributed by atoms with E-state index in [1.165, 1.54) is 11.1 Å². The Labute approximate surface area is 168 Å². The van der Waals surface area contributed by atoms with Crippen LogP contribution >= 0.6 is 24.0 Å². The zero-order chi connectivity index (χ0) is 17.0. The summed E-state index contributed by atoms with van der Waals surface area (Å²) < 4.78 is 5.78. The third-order valence-corrected chi connectivity index (χ3v) is 3.66. The lowest BCUT2D eigenvalue weighted by atomic mass is 10.2. The summed E-state index contributed by atoms with van der Waals surface area (Å²) >= 11 is 0. The topological polar surface area (TPSA) is 45.7 Å². The smallest absolute Gasteiger partial charge is 0.191 e. The molecular weight excluding hydrogens is 425 g/mol. The highest BCUT2D eigenvalue weighted by Crippen LogP contribution is 2.03. The van der Waals surface area contributed by atoms with Gasteiger partial charge in [-0.25, -0.2) is 0 Å². The minimum Gasteiger partial charge on any atom is -0.376 e. The number of hydrogen-bond acceptors (Lipinski definition) is 2. The van der Waals surface area contributed by atoms with Gasteiger partial charge in [-0.2, -0.15) is 0 Å². The van der Waals surface area contributed by atoms with Crippen LogP contribution in [0, 0.1) is 5.92 Å². The molecule has 5 heteroatoms. The number of nitrogens with zero attached hydrogens (tertiary/aromatic N) is 1. The molecule has 0 aliphatic rings. The largest absolute Gasteiger partial charge is 0.376 e. The fourth-order valence-electron chi connectivity index (χ4n) is 2.28. The number of rotatable bonds is 8. The molecular formula is C20H28IN3O. The highest BCUT2D eigenvalue weighted by Gasteiger charge is 2.05. The Bertz CT molecular complexity index is 605. The van der Waals surface area contributed by atoms with E-state index in [2.05, 4.69) is 46.8 Å². The van der Waals surface area contributed by atoms with Gasteiger partial charge in [0.2, 0.25) is 0 Å². The number of benzene rings is 2. The van der Waals surface area contributed by atoms with Crippen molar-refractivity contribution in [3.05, 3.63) is 71.8 Å². The van der Waals surface area contributed by atoms with Crippen LogP contribution in [0.25, 0.3) is 0 Å². The maximum atomic E-state index is 5.78. The molecule has 0 aliphatic carbocycles. The molecule has 0 aromatic heterocycles. The molecule has 25 heavy (non-hydrogen) atoms. The highest BCUT2D eigenvalue weighted by atomic mass is 127. The molecule has 0 heterocycles. The highest BCUT2D eigenvalue weighted by molar-refractivity contribution is 14.0. The van der Waals surface area contributed by atoms with Crippen LogP contribution in [-0.2, 0) is 17.9 Å². The van der Waals surface area contributed by atoms with Gasteiger partial charge >= 0.3 is 0 Å². The summed E-state index contributed by atoms with van der Waals surface area (Å²) in [6.07, 6.45) is 0. The van der Waals surface area contributed by atoms with Gasteiger partial charge in [-0.15, -0.1) is 24.0 Å². The molecule has 0 radical (unpaired) electrons. The lowest BCUT2D eigenvalue weighted by Crippen LogP contribution is -2.39. The van der Waals surface area contributed by atoms with Crippen LogP contribution in [0.1, 0.15) is 18.1 Å². The quantitative estimate of drug-likeness (QED) is 0.363. The Hall–Kier alpha value is -1.60. The minimum atomic E-state index is 0. The Balaban J connectivity index is 0.00000312. The molecule has 2 rings (SSSR count). The van der Waals surface area contributed by atoms with Gasteiger partial charge in [0, 0.05) is 20.1 Å². The molecule has 2 aromatic carbocycles. The summed E-state index contributed by atoms with van der Waals surface area (Å²) in [6, 6.07) is 20.5. The van der Waals surface area contributed by atoms with Gasteiger partial charge in [0.1, 0.15) is 0 Å². The first kappa shape index (κ1) is 21.4. The van der Waals surface area contributed by atoms with Gasteiger partial charge in [0.25, 0.3) is 0 Å². The first-order valence-electron chi connectivity index (χ1n) is 8.38. The number of nitrogens with one attached hydrogen (secondary N) is 2. The zero-order valence-electron chi connectivity index (χ0n) is 14.9. The number of aliphatic imine (C=N–C) groups is 1. The molecule has 2 N–H and O–H groups in total. The summed E-state index contributed by atoms with van der Waals surface area (Å²) in [5.41, 5.74) is 2.44. The van der Waals surface area contributed by atoms with E-state index in [0.29, 0.717) is 12.5 Å². The molecule has 0 fully saturated rings. The van der Waals surface area contributed by atoms with Crippen LogP contribution in [0.4, 0.5) is 0 Å². The third kappa shape index (κ3) is 8.88. The third-order valence-electron chi connectivity index (χ3n) is 3.66. The number of guanidine groups is 1. The molecule has 136 valence electrons. The molecule has 0 spiro atoms. The van der Waals surface area contributed by atoms with Crippen molar-refractivity contribution in [2.24, 2.45) is 10.9 Å². The Morgan fingerprint density at radius 2 is 1.56 bits per heavy atom. The SMILES string of the molecule is CN=C(NCc1ccccc1)NCC(C)COCc1ccccc1.I. The van der Waals surface area contributed by atoms with E-state index in [1.807, 2.05) is 36.4 Å².